The quantitative estimate of drug-likeness (QED) is 0.449. The number of nitrogens with one attached hydrogen (secondary N) is 1. The van der Waals surface area contributed by atoms with Crippen LogP contribution in [0.4, 0.5) is 14.5 Å². The molecule has 28 heavy (non-hydrogen) atoms. The molecule has 4 rings (SSSR count). The molecule has 0 aliphatic carbocycles. The van der Waals surface area contributed by atoms with Crippen LogP contribution in [0.1, 0.15) is 11.1 Å². The van der Waals surface area contributed by atoms with Gasteiger partial charge < -0.3 is 20.1 Å². The smallest absolute Gasteiger partial charge is 0.203 e. The van der Waals surface area contributed by atoms with E-state index in [1.54, 1.807) is 31.6 Å². The number of aryl methyl sites for hydroxylation is 1. The first-order valence-corrected chi connectivity index (χ1v) is 8.87. The van der Waals surface area contributed by atoms with Crippen LogP contribution in [0.5, 0.6) is 11.6 Å². The van der Waals surface area contributed by atoms with E-state index in [1.165, 1.54) is 16.7 Å². The Morgan fingerprint density at radius 2 is 1.86 bits per heavy atom. The molecule has 0 saturated carbocycles. The Kier molecular flexibility index (Phi) is 4.50. The first-order valence-electron chi connectivity index (χ1n) is 8.87. The van der Waals surface area contributed by atoms with E-state index in [1.807, 2.05) is 6.07 Å². The van der Waals surface area contributed by atoms with Crippen LogP contribution in [-0.4, -0.2) is 33.5 Å². The highest BCUT2D eigenvalue weighted by atomic mass is 19.1. The molecule has 0 fully saturated rings. The van der Waals surface area contributed by atoms with E-state index in [4.69, 9.17) is 0 Å². The van der Waals surface area contributed by atoms with Crippen LogP contribution in [0.2, 0.25) is 0 Å². The number of alkyl halides is 1. The number of rotatable bonds is 5. The summed E-state index contributed by atoms with van der Waals surface area (Å²) in [5.74, 6) is -0.629. The lowest BCUT2D eigenvalue weighted by molar-refractivity contribution is 0.385. The van der Waals surface area contributed by atoms with Crippen LogP contribution in [-0.2, 0) is 13.0 Å². The fourth-order valence-electron chi connectivity index (χ4n) is 3.58. The normalized spacial score (nSPS) is 11.4. The molecule has 0 saturated heterocycles. The molecule has 5 nitrogen and oxygen atoms in total. The maximum Gasteiger partial charge on any atom is 0.203 e. The molecule has 7 heteroatoms. The van der Waals surface area contributed by atoms with E-state index in [-0.39, 0.29) is 29.4 Å². The minimum Gasteiger partial charge on any atom is -0.505 e. The third-order valence-electron chi connectivity index (χ3n) is 4.89. The first-order chi connectivity index (χ1) is 13.5. The highest BCUT2D eigenvalue weighted by Crippen LogP contribution is 2.44. The summed E-state index contributed by atoms with van der Waals surface area (Å²) in [5, 5.41) is 25.7. The zero-order chi connectivity index (χ0) is 19.8. The highest BCUT2D eigenvalue weighted by molar-refractivity contribution is 6.16. The third kappa shape index (κ3) is 2.89. The summed E-state index contributed by atoms with van der Waals surface area (Å²) in [7, 11) is 1.74. The second kappa shape index (κ2) is 6.99. The molecular formula is C21H19F2N3O2. The molecule has 0 spiro atoms. The second-order valence-electron chi connectivity index (χ2n) is 6.64. The lowest BCUT2D eigenvalue weighted by Gasteiger charge is -2.11. The van der Waals surface area contributed by atoms with Gasteiger partial charge in [0.2, 0.25) is 5.88 Å². The SMILES string of the molecule is CNc1c2cc(Cc3ccc(F)cc3)cnc2c(O)c2c(O)n(CCF)cc12. The number of phenols is 1. The molecule has 144 valence electrons. The van der Waals surface area contributed by atoms with Gasteiger partial charge in [-0.15, -0.1) is 0 Å². The number of pyridine rings is 1. The molecule has 0 amide bonds. The van der Waals surface area contributed by atoms with Crippen molar-refractivity contribution in [2.45, 2.75) is 13.0 Å². The number of halogens is 2. The maximum atomic E-state index is 13.1. The Morgan fingerprint density at radius 3 is 2.54 bits per heavy atom. The highest BCUT2D eigenvalue weighted by Gasteiger charge is 2.21. The van der Waals surface area contributed by atoms with Crippen molar-refractivity contribution in [3.05, 3.63) is 59.7 Å². The molecule has 0 aliphatic rings. The van der Waals surface area contributed by atoms with Crippen molar-refractivity contribution in [1.82, 2.24) is 9.55 Å². The minimum absolute atomic E-state index is 0.0112. The number of nitrogens with zero attached hydrogens (tertiary/aromatic N) is 2. The third-order valence-corrected chi connectivity index (χ3v) is 4.89. The van der Waals surface area contributed by atoms with Crippen molar-refractivity contribution in [2.24, 2.45) is 0 Å². The van der Waals surface area contributed by atoms with Gasteiger partial charge >= 0.3 is 0 Å². The molecule has 0 bridgehead atoms. The van der Waals surface area contributed by atoms with Crippen molar-refractivity contribution < 1.29 is 19.0 Å². The average Bonchev–Trinajstić information content (AvgIpc) is 3.01. The number of benzene rings is 2. The van der Waals surface area contributed by atoms with Gasteiger partial charge in [0, 0.05) is 30.2 Å². The van der Waals surface area contributed by atoms with Gasteiger partial charge in [-0.2, -0.15) is 0 Å². The summed E-state index contributed by atoms with van der Waals surface area (Å²) in [6, 6.07) is 8.16. The Bertz CT molecular complexity index is 1170. The van der Waals surface area contributed by atoms with Crippen molar-refractivity contribution in [3.8, 4) is 11.6 Å². The molecule has 0 unspecified atom stereocenters. The van der Waals surface area contributed by atoms with E-state index in [0.717, 1.165) is 11.1 Å². The Balaban J connectivity index is 1.90. The van der Waals surface area contributed by atoms with Gasteiger partial charge in [-0.3, -0.25) is 4.98 Å². The molecule has 4 aromatic rings. The molecule has 2 aromatic heterocycles. The average molecular weight is 383 g/mol. The molecule has 0 aliphatic heterocycles. The molecule has 0 radical (unpaired) electrons. The van der Waals surface area contributed by atoms with Gasteiger partial charge in [0.1, 0.15) is 18.0 Å². The van der Waals surface area contributed by atoms with Crippen LogP contribution in [0.3, 0.4) is 0 Å². The van der Waals surface area contributed by atoms with E-state index < -0.39 is 6.67 Å². The van der Waals surface area contributed by atoms with E-state index in [9.17, 15) is 19.0 Å². The summed E-state index contributed by atoms with van der Waals surface area (Å²) >= 11 is 0. The standard InChI is InChI=1S/C21H19F2N3O2/c1-24-18-15-9-13(8-12-2-4-14(23)5-3-12)10-25-19(15)20(27)17-16(18)11-26(7-6-22)21(17)28/h2-5,9-11,24,27-28H,6-8H2,1H3. The van der Waals surface area contributed by atoms with E-state index in [0.29, 0.717) is 28.4 Å². The van der Waals surface area contributed by atoms with Crippen molar-refractivity contribution >= 4 is 27.4 Å². The zero-order valence-electron chi connectivity index (χ0n) is 15.2. The second-order valence-corrected chi connectivity index (χ2v) is 6.64. The van der Waals surface area contributed by atoms with E-state index in [2.05, 4.69) is 10.3 Å². The predicted octanol–water partition coefficient (Wildman–Crippen LogP) is 4.34. The number of phenolic OH excluding ortho intramolecular Hbond substituents is 1. The van der Waals surface area contributed by atoms with Crippen LogP contribution in [0, 0.1) is 5.82 Å². The Morgan fingerprint density at radius 1 is 1.11 bits per heavy atom. The maximum absolute atomic E-state index is 13.1. The van der Waals surface area contributed by atoms with E-state index >= 15 is 0 Å². The summed E-state index contributed by atoms with van der Waals surface area (Å²) < 4.78 is 27.3. The molecule has 0 atom stereocenters. The number of anilines is 1. The summed E-state index contributed by atoms with van der Waals surface area (Å²) in [6.07, 6.45) is 3.81. The van der Waals surface area contributed by atoms with Gasteiger partial charge in [0.15, 0.2) is 5.75 Å². The number of hydrogen-bond acceptors (Lipinski definition) is 4. The van der Waals surface area contributed by atoms with Gasteiger partial charge in [-0.25, -0.2) is 8.78 Å². The fourth-order valence-corrected chi connectivity index (χ4v) is 3.58. The molecular weight excluding hydrogens is 364 g/mol. The number of hydrogen-bond donors (Lipinski definition) is 3. The Hall–Kier alpha value is -3.35. The minimum atomic E-state index is -0.635. The number of aromatic nitrogens is 2. The van der Waals surface area contributed by atoms with Gasteiger partial charge in [0.25, 0.3) is 0 Å². The predicted molar refractivity (Wildman–Crippen MR) is 105 cm³/mol. The summed E-state index contributed by atoms with van der Waals surface area (Å²) in [5.41, 5.74) is 2.85. The number of fused-ring (bicyclic) bond motifs is 2. The van der Waals surface area contributed by atoms with Gasteiger partial charge in [-0.1, -0.05) is 12.1 Å². The lowest BCUT2D eigenvalue weighted by Crippen LogP contribution is -1.96. The molecule has 2 aromatic carbocycles. The molecule has 3 N–H and O–H groups in total. The van der Waals surface area contributed by atoms with Crippen molar-refractivity contribution in [2.75, 3.05) is 19.0 Å². The topological polar surface area (TPSA) is 70.3 Å². The van der Waals surface area contributed by atoms with Gasteiger partial charge in [0.05, 0.1) is 17.6 Å². The van der Waals surface area contributed by atoms with Crippen molar-refractivity contribution in [3.63, 3.8) is 0 Å². The number of aromatic hydroxyl groups is 2. The lowest BCUT2D eigenvalue weighted by atomic mass is 10.0. The largest absolute Gasteiger partial charge is 0.505 e. The summed E-state index contributed by atoms with van der Waals surface area (Å²) in [6.45, 7) is -0.646. The van der Waals surface area contributed by atoms with Crippen LogP contribution in [0.25, 0.3) is 21.7 Å². The van der Waals surface area contributed by atoms with Crippen LogP contribution >= 0.6 is 0 Å². The molecule has 2 heterocycles. The summed E-state index contributed by atoms with van der Waals surface area (Å²) in [4.78, 5) is 4.39. The first kappa shape index (κ1) is 18.0. The van der Waals surface area contributed by atoms with Crippen LogP contribution < -0.4 is 5.32 Å². The fraction of sp³-hybridized carbons (Fsp3) is 0.190. The van der Waals surface area contributed by atoms with Crippen LogP contribution in [0.15, 0.2) is 42.7 Å². The van der Waals surface area contributed by atoms with Crippen molar-refractivity contribution in [1.29, 1.82) is 0 Å². The monoisotopic (exact) mass is 383 g/mol. The zero-order valence-corrected chi connectivity index (χ0v) is 15.2. The van der Waals surface area contributed by atoms with Gasteiger partial charge in [-0.05, 0) is 35.7 Å². The Labute approximate surface area is 159 Å².